The third-order valence-corrected chi connectivity index (χ3v) is 6.49. The van der Waals surface area contributed by atoms with E-state index >= 15 is 0 Å². The number of hydrogen-bond donors (Lipinski definition) is 1. The second-order valence-corrected chi connectivity index (χ2v) is 9.03. The molecule has 0 unspecified atom stereocenters. The summed E-state index contributed by atoms with van der Waals surface area (Å²) in [5.74, 6) is 1.52. The average Bonchev–Trinajstić information content (AvgIpc) is 3.21. The molecule has 1 N–H and O–H groups in total. The highest BCUT2D eigenvalue weighted by atomic mass is 35.5. The van der Waals surface area contributed by atoms with Crippen molar-refractivity contribution in [2.45, 2.75) is 11.8 Å². The van der Waals surface area contributed by atoms with E-state index in [4.69, 9.17) is 21.1 Å². The number of ether oxygens (including phenoxy) is 2. The minimum Gasteiger partial charge on any atom is -0.497 e. The third kappa shape index (κ3) is 4.67. The first-order valence-electron chi connectivity index (χ1n) is 9.63. The lowest BCUT2D eigenvalue weighted by Gasteiger charge is -2.10. The van der Waals surface area contributed by atoms with Crippen LogP contribution in [0.15, 0.2) is 59.5 Å². The van der Waals surface area contributed by atoms with Crippen LogP contribution < -0.4 is 14.2 Å². The van der Waals surface area contributed by atoms with Crippen molar-refractivity contribution >= 4 is 27.3 Å². The molecule has 0 amide bonds. The minimum absolute atomic E-state index is 0.0545. The SMILES string of the molecule is COc1cccc(-c2nnc3ccc(OCCNS(=O)(=O)c4cc(Cl)ccc4C)nn23)c1. The van der Waals surface area contributed by atoms with Crippen LogP contribution >= 0.6 is 11.6 Å². The Kier molecular flexibility index (Phi) is 6.26. The number of fused-ring (bicyclic) bond motifs is 1. The smallest absolute Gasteiger partial charge is 0.240 e. The fourth-order valence-electron chi connectivity index (χ4n) is 3.06. The summed E-state index contributed by atoms with van der Waals surface area (Å²) in [5, 5.41) is 13.1. The summed E-state index contributed by atoms with van der Waals surface area (Å²) in [4.78, 5) is 0.136. The first-order chi connectivity index (χ1) is 15.4. The van der Waals surface area contributed by atoms with Crippen LogP contribution in [0.3, 0.4) is 0 Å². The molecule has 32 heavy (non-hydrogen) atoms. The van der Waals surface area contributed by atoms with Gasteiger partial charge in [0.15, 0.2) is 11.5 Å². The van der Waals surface area contributed by atoms with Gasteiger partial charge in [0.05, 0.1) is 12.0 Å². The molecule has 0 spiro atoms. The van der Waals surface area contributed by atoms with Crippen LogP contribution in [0.4, 0.5) is 0 Å². The molecule has 0 fully saturated rings. The Balaban J connectivity index is 1.45. The Morgan fingerprint density at radius 2 is 1.94 bits per heavy atom. The van der Waals surface area contributed by atoms with Gasteiger partial charge in [0.1, 0.15) is 12.4 Å². The van der Waals surface area contributed by atoms with Crippen molar-refractivity contribution in [3.8, 4) is 23.0 Å². The number of aromatic nitrogens is 4. The van der Waals surface area contributed by atoms with Crippen LogP contribution in [-0.2, 0) is 10.0 Å². The summed E-state index contributed by atoms with van der Waals surface area (Å²) in [6.07, 6.45) is 0. The molecule has 2 aromatic heterocycles. The molecular weight excluding hydrogens is 454 g/mol. The van der Waals surface area contributed by atoms with Crippen molar-refractivity contribution in [3.63, 3.8) is 0 Å². The number of hydrogen-bond acceptors (Lipinski definition) is 7. The Labute approximate surface area is 190 Å². The standard InChI is InChI=1S/C21H20ClN5O4S/c1-14-6-7-16(22)13-18(14)32(28,29)23-10-11-31-20-9-8-19-24-25-21(27(19)26-20)15-4-3-5-17(12-15)30-2/h3-9,12-13,23H,10-11H2,1-2H3. The van der Waals surface area contributed by atoms with Gasteiger partial charge in [-0.1, -0.05) is 29.8 Å². The van der Waals surface area contributed by atoms with E-state index in [0.29, 0.717) is 33.7 Å². The second kappa shape index (κ2) is 9.11. The number of nitrogens with zero attached hydrogens (tertiary/aromatic N) is 4. The van der Waals surface area contributed by atoms with Gasteiger partial charge in [0.2, 0.25) is 15.9 Å². The van der Waals surface area contributed by atoms with Crippen LogP contribution in [0.1, 0.15) is 5.56 Å². The largest absolute Gasteiger partial charge is 0.497 e. The molecule has 2 aromatic carbocycles. The van der Waals surface area contributed by atoms with E-state index in [9.17, 15) is 8.42 Å². The van der Waals surface area contributed by atoms with Gasteiger partial charge in [0, 0.05) is 23.2 Å². The maximum Gasteiger partial charge on any atom is 0.240 e. The Bertz CT molecular complexity index is 1370. The van der Waals surface area contributed by atoms with Gasteiger partial charge in [-0.2, -0.15) is 4.52 Å². The number of halogens is 1. The quantitative estimate of drug-likeness (QED) is 0.392. The van der Waals surface area contributed by atoms with E-state index in [-0.39, 0.29) is 18.0 Å². The molecule has 4 aromatic rings. The predicted molar refractivity (Wildman–Crippen MR) is 120 cm³/mol. The summed E-state index contributed by atoms with van der Waals surface area (Å²) < 4.78 is 40.0. The Morgan fingerprint density at radius 1 is 1.09 bits per heavy atom. The molecule has 4 rings (SSSR count). The van der Waals surface area contributed by atoms with E-state index in [1.165, 1.54) is 6.07 Å². The summed E-state index contributed by atoms with van der Waals surface area (Å²) in [7, 11) is -2.12. The Hall–Kier alpha value is -3.21. The molecule has 0 aliphatic carbocycles. The molecule has 0 bridgehead atoms. The lowest BCUT2D eigenvalue weighted by Crippen LogP contribution is -2.29. The van der Waals surface area contributed by atoms with Gasteiger partial charge in [-0.05, 0) is 42.8 Å². The van der Waals surface area contributed by atoms with E-state index in [1.54, 1.807) is 42.8 Å². The highest BCUT2D eigenvalue weighted by molar-refractivity contribution is 7.89. The maximum absolute atomic E-state index is 12.5. The maximum atomic E-state index is 12.5. The number of sulfonamides is 1. The number of methoxy groups -OCH3 is 1. The van der Waals surface area contributed by atoms with E-state index in [0.717, 1.165) is 5.56 Å². The van der Waals surface area contributed by atoms with Gasteiger partial charge < -0.3 is 9.47 Å². The number of benzene rings is 2. The molecule has 0 saturated heterocycles. The molecule has 0 saturated carbocycles. The molecule has 9 nitrogen and oxygen atoms in total. The zero-order valence-electron chi connectivity index (χ0n) is 17.3. The van der Waals surface area contributed by atoms with Crippen molar-refractivity contribution in [3.05, 3.63) is 65.2 Å². The van der Waals surface area contributed by atoms with Crippen molar-refractivity contribution in [1.29, 1.82) is 0 Å². The van der Waals surface area contributed by atoms with Crippen molar-refractivity contribution in [1.82, 2.24) is 24.5 Å². The molecule has 166 valence electrons. The Morgan fingerprint density at radius 3 is 2.75 bits per heavy atom. The molecule has 11 heteroatoms. The second-order valence-electron chi connectivity index (χ2n) is 6.85. The van der Waals surface area contributed by atoms with E-state index in [2.05, 4.69) is 20.0 Å². The summed E-state index contributed by atoms with van der Waals surface area (Å²) in [6.45, 7) is 1.84. The normalized spacial score (nSPS) is 11.6. The molecular formula is C21H20ClN5O4S. The van der Waals surface area contributed by atoms with Crippen molar-refractivity contribution < 1.29 is 17.9 Å². The zero-order valence-corrected chi connectivity index (χ0v) is 18.9. The fourth-order valence-corrected chi connectivity index (χ4v) is 4.58. The van der Waals surface area contributed by atoms with Crippen LogP contribution in [0, 0.1) is 6.92 Å². The van der Waals surface area contributed by atoms with E-state index < -0.39 is 10.0 Å². The fraction of sp³-hybridized carbons (Fsp3) is 0.190. The van der Waals surface area contributed by atoms with Gasteiger partial charge in [-0.15, -0.1) is 15.3 Å². The predicted octanol–water partition coefficient (Wildman–Crippen LogP) is 3.12. The first kappa shape index (κ1) is 22.0. The van der Waals surface area contributed by atoms with Crippen LogP contribution in [0.5, 0.6) is 11.6 Å². The van der Waals surface area contributed by atoms with Crippen LogP contribution in [0.2, 0.25) is 5.02 Å². The van der Waals surface area contributed by atoms with Crippen molar-refractivity contribution in [2.24, 2.45) is 0 Å². The molecule has 0 aliphatic rings. The number of rotatable bonds is 8. The summed E-state index contributed by atoms with van der Waals surface area (Å²) >= 11 is 5.93. The lowest BCUT2D eigenvalue weighted by molar-refractivity contribution is 0.306. The van der Waals surface area contributed by atoms with Gasteiger partial charge in [-0.3, -0.25) is 0 Å². The third-order valence-electron chi connectivity index (χ3n) is 4.65. The zero-order chi connectivity index (χ0) is 22.7. The highest BCUT2D eigenvalue weighted by Gasteiger charge is 2.17. The van der Waals surface area contributed by atoms with Gasteiger partial charge >= 0.3 is 0 Å². The minimum atomic E-state index is -3.71. The molecule has 0 aliphatic heterocycles. The van der Waals surface area contributed by atoms with Gasteiger partial charge in [0.25, 0.3) is 0 Å². The van der Waals surface area contributed by atoms with Crippen molar-refractivity contribution in [2.75, 3.05) is 20.3 Å². The molecule has 0 atom stereocenters. The van der Waals surface area contributed by atoms with Crippen LogP contribution in [-0.4, -0.2) is 48.5 Å². The summed E-state index contributed by atoms with van der Waals surface area (Å²) in [5.41, 5.74) is 1.94. The monoisotopic (exact) mass is 473 g/mol. The van der Waals surface area contributed by atoms with Crippen LogP contribution in [0.25, 0.3) is 17.0 Å². The highest BCUT2D eigenvalue weighted by Crippen LogP contribution is 2.23. The van der Waals surface area contributed by atoms with E-state index in [1.807, 2.05) is 24.3 Å². The molecule has 0 radical (unpaired) electrons. The topological polar surface area (TPSA) is 108 Å². The van der Waals surface area contributed by atoms with Gasteiger partial charge in [-0.25, -0.2) is 13.1 Å². The molecule has 2 heterocycles. The lowest BCUT2D eigenvalue weighted by atomic mass is 10.2. The summed E-state index contributed by atoms with van der Waals surface area (Å²) in [6, 6.07) is 15.5. The average molecular weight is 474 g/mol. The number of nitrogens with one attached hydrogen (secondary N) is 1. The number of aryl methyl sites for hydroxylation is 1. The first-order valence-corrected chi connectivity index (χ1v) is 11.5.